The number of nitrogens with zero attached hydrogens (tertiary/aromatic N) is 4. The van der Waals surface area contributed by atoms with E-state index in [0.717, 1.165) is 11.1 Å². The van der Waals surface area contributed by atoms with Gasteiger partial charge < -0.3 is 15.0 Å². The molecule has 2 heterocycles. The molecule has 0 aliphatic rings. The van der Waals surface area contributed by atoms with Crippen LogP contribution >= 0.6 is 0 Å². The Hall–Kier alpha value is -3.75. The fourth-order valence-electron chi connectivity index (χ4n) is 2.88. The maximum absolute atomic E-state index is 12.8. The first kappa shape index (κ1) is 21.0. The third kappa shape index (κ3) is 4.14. The zero-order valence-corrected chi connectivity index (χ0v) is 17.4. The van der Waals surface area contributed by atoms with Gasteiger partial charge in [-0.3, -0.25) is 9.59 Å². The molecule has 3 rings (SSSR count). The number of anilines is 1. The fraction of sp³-hybridized carbons (Fsp3) is 0.286. The number of carboxylic acid groups (broad SMARTS) is 1. The first-order valence-electron chi connectivity index (χ1n) is 9.26. The van der Waals surface area contributed by atoms with Crippen molar-refractivity contribution >= 4 is 17.6 Å². The molecule has 0 fully saturated rings. The minimum Gasteiger partial charge on any atom is -0.476 e. The monoisotopic (exact) mass is 409 g/mol. The van der Waals surface area contributed by atoms with Crippen molar-refractivity contribution in [3.63, 3.8) is 0 Å². The molecule has 2 aromatic heterocycles. The number of hydrogen-bond donors (Lipinski definition) is 2. The molecule has 9 nitrogen and oxygen atoms in total. The molecule has 0 unspecified atom stereocenters. The van der Waals surface area contributed by atoms with Crippen molar-refractivity contribution in [1.82, 2.24) is 19.6 Å². The van der Waals surface area contributed by atoms with E-state index in [-0.39, 0.29) is 22.4 Å². The van der Waals surface area contributed by atoms with E-state index in [0.29, 0.717) is 11.3 Å². The second kappa shape index (κ2) is 7.58. The lowest BCUT2D eigenvalue weighted by Crippen LogP contribution is -2.26. The van der Waals surface area contributed by atoms with Gasteiger partial charge in [0.1, 0.15) is 5.69 Å². The predicted octanol–water partition coefficient (Wildman–Crippen LogP) is 2.52. The Balaban J connectivity index is 1.96. The molecule has 0 spiro atoms. The van der Waals surface area contributed by atoms with Gasteiger partial charge in [0.2, 0.25) is 0 Å². The van der Waals surface area contributed by atoms with Crippen molar-refractivity contribution < 1.29 is 14.7 Å². The summed E-state index contributed by atoms with van der Waals surface area (Å²) in [4.78, 5) is 36.4. The number of carbonyl (C=O) groups excluding carboxylic acids is 1. The van der Waals surface area contributed by atoms with E-state index in [1.807, 2.05) is 27.7 Å². The fourth-order valence-corrected chi connectivity index (χ4v) is 2.88. The summed E-state index contributed by atoms with van der Waals surface area (Å²) in [6.07, 6.45) is 3.03. The molecule has 3 aromatic rings. The van der Waals surface area contributed by atoms with E-state index in [2.05, 4.69) is 15.6 Å². The van der Waals surface area contributed by atoms with Gasteiger partial charge in [-0.1, -0.05) is 32.1 Å². The van der Waals surface area contributed by atoms with Crippen LogP contribution in [0, 0.1) is 6.92 Å². The number of aryl methyl sites for hydroxylation is 2. The zero-order chi connectivity index (χ0) is 22.2. The summed E-state index contributed by atoms with van der Waals surface area (Å²) < 4.78 is 2.74. The number of nitrogens with one attached hydrogen (secondary N) is 1. The molecule has 0 atom stereocenters. The van der Waals surface area contributed by atoms with Gasteiger partial charge in [0.25, 0.3) is 11.5 Å². The van der Waals surface area contributed by atoms with Crippen LogP contribution in [0.4, 0.5) is 5.69 Å². The molecule has 30 heavy (non-hydrogen) atoms. The number of aromatic carboxylic acids is 1. The smallest absolute Gasteiger partial charge is 0.358 e. The lowest BCUT2D eigenvalue weighted by atomic mass is 9.88. The van der Waals surface area contributed by atoms with Crippen LogP contribution in [-0.4, -0.2) is 36.5 Å². The van der Waals surface area contributed by atoms with Crippen LogP contribution < -0.4 is 10.9 Å². The van der Waals surface area contributed by atoms with Gasteiger partial charge in [-0.2, -0.15) is 0 Å². The molecule has 0 aliphatic carbocycles. The number of hydrogen-bond acceptors (Lipinski definition) is 5. The average molecular weight is 409 g/mol. The van der Waals surface area contributed by atoms with Crippen LogP contribution in [0.25, 0.3) is 5.69 Å². The summed E-state index contributed by atoms with van der Waals surface area (Å²) in [5.41, 5.74) is 1.97. The first-order valence-corrected chi connectivity index (χ1v) is 9.26. The Morgan fingerprint density at radius 1 is 1.13 bits per heavy atom. The van der Waals surface area contributed by atoms with Gasteiger partial charge in [0, 0.05) is 18.8 Å². The highest BCUT2D eigenvalue weighted by Crippen LogP contribution is 2.23. The summed E-state index contributed by atoms with van der Waals surface area (Å²) in [5, 5.41) is 19.1. The molecule has 9 heteroatoms. The third-order valence-electron chi connectivity index (χ3n) is 4.73. The predicted molar refractivity (Wildman–Crippen MR) is 111 cm³/mol. The number of amides is 1. The molecule has 0 saturated carbocycles. The van der Waals surface area contributed by atoms with Crippen LogP contribution in [-0.2, 0) is 12.5 Å². The number of carboxylic acids is 1. The SMILES string of the molecule is Cc1ccc(C(=O)Nc2cc(C(C)(C)C)cn(C)c2=O)cc1-n1cc(C(=O)O)nn1. The standard InChI is InChI=1S/C21H23N5O4/c1-12-6-7-13(8-17(12)26-11-16(20(29)30)23-24-26)18(27)22-15-9-14(21(2,3)4)10-25(5)19(15)28/h6-11H,1-5H3,(H,22,27)(H,29,30). The van der Waals surface area contributed by atoms with Crippen molar-refractivity contribution in [2.45, 2.75) is 33.1 Å². The van der Waals surface area contributed by atoms with Gasteiger partial charge in [0.05, 0.1) is 11.9 Å². The van der Waals surface area contributed by atoms with Crippen LogP contribution in [0.15, 0.2) is 41.5 Å². The molecule has 0 radical (unpaired) electrons. The van der Waals surface area contributed by atoms with E-state index >= 15 is 0 Å². The molecule has 1 aromatic carbocycles. The molecular formula is C21H23N5O4. The maximum atomic E-state index is 12.8. The van der Waals surface area contributed by atoms with Crippen molar-refractivity contribution in [1.29, 1.82) is 0 Å². The van der Waals surface area contributed by atoms with Crippen LogP contribution in [0.5, 0.6) is 0 Å². The molecule has 156 valence electrons. The normalized spacial score (nSPS) is 11.4. The minimum atomic E-state index is -1.19. The summed E-state index contributed by atoms with van der Waals surface area (Å²) in [6.45, 7) is 7.87. The number of aromatic nitrogens is 4. The molecule has 0 bridgehead atoms. The van der Waals surface area contributed by atoms with Gasteiger partial charge in [-0.05, 0) is 41.7 Å². The Kier molecular flexibility index (Phi) is 5.30. The number of benzene rings is 1. The highest BCUT2D eigenvalue weighted by Gasteiger charge is 2.19. The van der Waals surface area contributed by atoms with Gasteiger partial charge in [-0.25, -0.2) is 9.48 Å². The van der Waals surface area contributed by atoms with E-state index in [9.17, 15) is 14.4 Å². The Morgan fingerprint density at radius 3 is 2.43 bits per heavy atom. The summed E-state index contributed by atoms with van der Waals surface area (Å²) in [7, 11) is 1.64. The molecule has 1 amide bonds. The highest BCUT2D eigenvalue weighted by atomic mass is 16.4. The van der Waals surface area contributed by atoms with E-state index in [4.69, 9.17) is 5.11 Å². The Morgan fingerprint density at radius 2 is 1.83 bits per heavy atom. The van der Waals surface area contributed by atoms with Crippen molar-refractivity contribution in [3.8, 4) is 5.69 Å². The Labute approximate surface area is 173 Å². The Bertz CT molecular complexity index is 1200. The van der Waals surface area contributed by atoms with Gasteiger partial charge in [0.15, 0.2) is 5.69 Å². The van der Waals surface area contributed by atoms with E-state index < -0.39 is 11.9 Å². The molecule has 2 N–H and O–H groups in total. The van der Waals surface area contributed by atoms with E-state index in [1.165, 1.54) is 15.4 Å². The second-order valence-electron chi connectivity index (χ2n) is 8.12. The summed E-state index contributed by atoms with van der Waals surface area (Å²) >= 11 is 0. The lowest BCUT2D eigenvalue weighted by Gasteiger charge is -2.21. The second-order valence-corrected chi connectivity index (χ2v) is 8.12. The van der Waals surface area contributed by atoms with Crippen LogP contribution in [0.2, 0.25) is 0 Å². The number of rotatable bonds is 4. The number of carbonyl (C=O) groups is 2. The highest BCUT2D eigenvalue weighted by molar-refractivity contribution is 6.04. The first-order chi connectivity index (χ1) is 14.0. The summed E-state index contributed by atoms with van der Waals surface area (Å²) in [5.74, 6) is -1.65. The largest absolute Gasteiger partial charge is 0.476 e. The minimum absolute atomic E-state index is 0.186. The van der Waals surface area contributed by atoms with Gasteiger partial charge in [-0.15, -0.1) is 5.10 Å². The van der Waals surface area contributed by atoms with Crippen LogP contribution in [0.3, 0.4) is 0 Å². The van der Waals surface area contributed by atoms with Crippen LogP contribution in [0.1, 0.15) is 52.7 Å². The van der Waals surface area contributed by atoms with Gasteiger partial charge >= 0.3 is 5.97 Å². The zero-order valence-electron chi connectivity index (χ0n) is 17.4. The molecule has 0 aliphatic heterocycles. The quantitative estimate of drug-likeness (QED) is 0.683. The molecular weight excluding hydrogens is 386 g/mol. The third-order valence-corrected chi connectivity index (χ3v) is 4.73. The average Bonchev–Trinajstić information content (AvgIpc) is 3.15. The molecule has 0 saturated heterocycles. The topological polar surface area (TPSA) is 119 Å². The van der Waals surface area contributed by atoms with Crippen molar-refractivity contribution in [3.05, 3.63) is 69.4 Å². The van der Waals surface area contributed by atoms with Crippen molar-refractivity contribution in [2.24, 2.45) is 7.05 Å². The van der Waals surface area contributed by atoms with E-state index in [1.54, 1.807) is 37.5 Å². The maximum Gasteiger partial charge on any atom is 0.358 e. The lowest BCUT2D eigenvalue weighted by molar-refractivity contribution is 0.0690. The summed E-state index contributed by atoms with van der Waals surface area (Å²) in [6, 6.07) is 6.60. The van der Waals surface area contributed by atoms with Crippen molar-refractivity contribution in [2.75, 3.05) is 5.32 Å². The number of pyridine rings is 1.